The number of cyclic esters (lactones) is 1. The summed E-state index contributed by atoms with van der Waals surface area (Å²) in [6.07, 6.45) is 2.04. The van der Waals surface area contributed by atoms with E-state index in [1.165, 1.54) is 12.8 Å². The van der Waals surface area contributed by atoms with Crippen molar-refractivity contribution in [2.24, 2.45) is 11.8 Å². The monoisotopic (exact) mass is 213 g/mol. The Morgan fingerprint density at radius 3 is 2.67 bits per heavy atom. The molecule has 5 nitrogen and oxygen atoms in total. The van der Waals surface area contributed by atoms with E-state index in [9.17, 15) is 4.79 Å². The minimum absolute atomic E-state index is 0.0455. The minimum atomic E-state index is -0.398. The van der Waals surface area contributed by atoms with Crippen LogP contribution in [-0.2, 0) is 4.74 Å². The van der Waals surface area contributed by atoms with Crippen LogP contribution in [0.1, 0.15) is 19.8 Å². The fraction of sp³-hybridized carbons (Fsp3) is 0.900. The zero-order valence-corrected chi connectivity index (χ0v) is 9.19. The van der Waals surface area contributed by atoms with Crippen LogP contribution in [0.15, 0.2) is 0 Å². The van der Waals surface area contributed by atoms with E-state index in [2.05, 4.69) is 11.8 Å². The quantitative estimate of drug-likeness (QED) is 0.533. The first-order chi connectivity index (χ1) is 7.15. The van der Waals surface area contributed by atoms with Gasteiger partial charge in [-0.1, -0.05) is 6.92 Å². The molecule has 0 aromatic rings. The molecule has 1 amide bonds. The number of rotatable bonds is 2. The predicted octanol–water partition coefficient (Wildman–Crippen LogP) is 0.413. The summed E-state index contributed by atoms with van der Waals surface area (Å²) in [5.41, 5.74) is 0. The van der Waals surface area contributed by atoms with Gasteiger partial charge in [0.2, 0.25) is 0 Å². The number of amides is 1. The summed E-state index contributed by atoms with van der Waals surface area (Å²) in [7, 11) is 0. The van der Waals surface area contributed by atoms with Gasteiger partial charge in [-0.3, -0.25) is 4.90 Å². The molecule has 2 aliphatic rings. The van der Waals surface area contributed by atoms with E-state index >= 15 is 0 Å². The van der Waals surface area contributed by atoms with Crippen molar-refractivity contribution in [3.05, 3.63) is 0 Å². The van der Waals surface area contributed by atoms with Crippen molar-refractivity contribution in [2.45, 2.75) is 25.9 Å². The Hall–Kier alpha value is -0.810. The van der Waals surface area contributed by atoms with Crippen LogP contribution in [0.25, 0.3) is 0 Å². The molecule has 0 saturated carbocycles. The van der Waals surface area contributed by atoms with Gasteiger partial charge in [0.05, 0.1) is 6.54 Å². The molecule has 2 fully saturated rings. The van der Waals surface area contributed by atoms with E-state index in [4.69, 9.17) is 10.6 Å². The van der Waals surface area contributed by atoms with E-state index in [-0.39, 0.29) is 6.10 Å². The molecule has 0 radical (unpaired) electrons. The van der Waals surface area contributed by atoms with Crippen molar-refractivity contribution in [3.8, 4) is 0 Å². The van der Waals surface area contributed by atoms with Crippen LogP contribution in [0.3, 0.4) is 0 Å². The van der Waals surface area contributed by atoms with Gasteiger partial charge in [0.1, 0.15) is 6.10 Å². The van der Waals surface area contributed by atoms with Gasteiger partial charge in [0.25, 0.3) is 0 Å². The molecule has 86 valence electrons. The Morgan fingerprint density at radius 2 is 2.13 bits per heavy atom. The number of carbonyl (C=O) groups is 1. The van der Waals surface area contributed by atoms with Crippen molar-refractivity contribution in [2.75, 3.05) is 26.2 Å². The molecule has 0 aromatic carbocycles. The first kappa shape index (κ1) is 10.7. The van der Waals surface area contributed by atoms with Crippen LogP contribution in [0.2, 0.25) is 0 Å². The molecule has 0 aliphatic carbocycles. The lowest BCUT2D eigenvalue weighted by Crippen LogP contribution is -2.40. The van der Waals surface area contributed by atoms with Gasteiger partial charge in [0.15, 0.2) is 0 Å². The molecule has 2 rings (SSSR count). The standard InChI is InChI=1S/C10H19N3O2/c1-8-2-4-12(5-3-8)6-9-7-13(11)10(14)15-9/h8-9H,2-7,11H2,1H3. The fourth-order valence-electron chi connectivity index (χ4n) is 2.17. The lowest BCUT2D eigenvalue weighted by atomic mass is 9.99. The molecule has 2 saturated heterocycles. The highest BCUT2D eigenvalue weighted by atomic mass is 16.6. The Kier molecular flexibility index (Phi) is 3.11. The molecule has 1 unspecified atom stereocenters. The van der Waals surface area contributed by atoms with Crippen LogP contribution in [0, 0.1) is 5.92 Å². The van der Waals surface area contributed by atoms with Gasteiger partial charge >= 0.3 is 6.09 Å². The number of hydrogen-bond donors (Lipinski definition) is 1. The summed E-state index contributed by atoms with van der Waals surface area (Å²) >= 11 is 0. The summed E-state index contributed by atoms with van der Waals surface area (Å²) in [4.78, 5) is 13.4. The average molecular weight is 213 g/mol. The highest BCUT2D eigenvalue weighted by Crippen LogP contribution is 2.17. The number of nitrogens with two attached hydrogens (primary N) is 1. The molecule has 0 spiro atoms. The Balaban J connectivity index is 1.76. The summed E-state index contributed by atoms with van der Waals surface area (Å²) in [5.74, 6) is 6.27. The normalized spacial score (nSPS) is 29.6. The van der Waals surface area contributed by atoms with E-state index in [0.29, 0.717) is 6.54 Å². The van der Waals surface area contributed by atoms with Gasteiger partial charge in [0, 0.05) is 6.54 Å². The minimum Gasteiger partial charge on any atom is -0.442 e. The molecule has 2 aliphatic heterocycles. The maximum atomic E-state index is 11.0. The van der Waals surface area contributed by atoms with Gasteiger partial charge in [-0.2, -0.15) is 0 Å². The van der Waals surface area contributed by atoms with Crippen molar-refractivity contribution >= 4 is 6.09 Å². The largest absolute Gasteiger partial charge is 0.442 e. The average Bonchev–Trinajstić information content (AvgIpc) is 2.50. The van der Waals surface area contributed by atoms with Gasteiger partial charge in [-0.25, -0.2) is 15.6 Å². The molecule has 15 heavy (non-hydrogen) atoms. The van der Waals surface area contributed by atoms with Crippen LogP contribution in [-0.4, -0.2) is 48.3 Å². The Labute approximate surface area is 90.1 Å². The van der Waals surface area contributed by atoms with Crippen molar-refractivity contribution in [1.82, 2.24) is 9.91 Å². The fourth-order valence-corrected chi connectivity index (χ4v) is 2.17. The van der Waals surface area contributed by atoms with Crippen molar-refractivity contribution < 1.29 is 9.53 Å². The molecule has 1 atom stereocenters. The summed E-state index contributed by atoms with van der Waals surface area (Å²) in [6, 6.07) is 0. The Morgan fingerprint density at radius 1 is 1.47 bits per heavy atom. The number of hydrogen-bond acceptors (Lipinski definition) is 4. The van der Waals surface area contributed by atoms with Gasteiger partial charge in [-0.05, 0) is 31.8 Å². The summed E-state index contributed by atoms with van der Waals surface area (Å²) < 4.78 is 5.12. The van der Waals surface area contributed by atoms with Crippen LogP contribution in [0.5, 0.6) is 0 Å². The van der Waals surface area contributed by atoms with E-state index in [1.54, 1.807) is 0 Å². The van der Waals surface area contributed by atoms with Gasteiger partial charge < -0.3 is 4.74 Å². The smallest absolute Gasteiger partial charge is 0.424 e. The predicted molar refractivity (Wildman–Crippen MR) is 56.0 cm³/mol. The third-order valence-corrected chi connectivity index (χ3v) is 3.24. The van der Waals surface area contributed by atoms with E-state index < -0.39 is 6.09 Å². The molecular formula is C10H19N3O2. The maximum absolute atomic E-state index is 11.0. The summed E-state index contributed by atoms with van der Waals surface area (Å²) in [6.45, 7) is 5.85. The first-order valence-electron chi connectivity index (χ1n) is 5.60. The topological polar surface area (TPSA) is 58.8 Å². The zero-order valence-electron chi connectivity index (χ0n) is 9.19. The second kappa shape index (κ2) is 4.37. The molecule has 0 aromatic heterocycles. The third kappa shape index (κ3) is 2.60. The lowest BCUT2D eigenvalue weighted by Gasteiger charge is -2.31. The zero-order chi connectivity index (χ0) is 10.8. The molecule has 5 heteroatoms. The number of likely N-dealkylation sites (tertiary alicyclic amines) is 1. The Bertz CT molecular complexity index is 239. The molecule has 0 bridgehead atoms. The SMILES string of the molecule is CC1CCN(CC2CN(N)C(=O)O2)CC1. The summed E-state index contributed by atoms with van der Waals surface area (Å²) in [5, 5.41) is 1.15. The van der Waals surface area contributed by atoms with Gasteiger partial charge in [-0.15, -0.1) is 0 Å². The third-order valence-electron chi connectivity index (χ3n) is 3.24. The maximum Gasteiger partial charge on any atom is 0.424 e. The molecular weight excluding hydrogens is 194 g/mol. The molecule has 2 heterocycles. The number of carbonyl (C=O) groups excluding carboxylic acids is 1. The number of nitrogens with zero attached hydrogens (tertiary/aromatic N) is 2. The van der Waals surface area contributed by atoms with E-state index in [0.717, 1.165) is 30.6 Å². The second-order valence-electron chi connectivity index (χ2n) is 4.64. The van der Waals surface area contributed by atoms with Crippen LogP contribution >= 0.6 is 0 Å². The van der Waals surface area contributed by atoms with Crippen molar-refractivity contribution in [1.29, 1.82) is 0 Å². The highest BCUT2D eigenvalue weighted by molar-refractivity contribution is 5.69. The highest BCUT2D eigenvalue weighted by Gasteiger charge is 2.31. The lowest BCUT2D eigenvalue weighted by molar-refractivity contribution is 0.0922. The van der Waals surface area contributed by atoms with Crippen LogP contribution in [0.4, 0.5) is 4.79 Å². The molecule has 2 N–H and O–H groups in total. The number of piperidine rings is 1. The van der Waals surface area contributed by atoms with Crippen molar-refractivity contribution in [3.63, 3.8) is 0 Å². The second-order valence-corrected chi connectivity index (χ2v) is 4.64. The van der Waals surface area contributed by atoms with E-state index in [1.807, 2.05) is 0 Å². The number of hydrazine groups is 1. The number of ether oxygens (including phenoxy) is 1. The first-order valence-corrected chi connectivity index (χ1v) is 5.60. The van der Waals surface area contributed by atoms with Crippen LogP contribution < -0.4 is 5.84 Å².